The van der Waals surface area contributed by atoms with Crippen molar-refractivity contribution in [2.24, 2.45) is 11.1 Å². The Kier molecular flexibility index (Phi) is 3.77. The van der Waals surface area contributed by atoms with Crippen LogP contribution in [0, 0.1) is 5.41 Å². The van der Waals surface area contributed by atoms with Crippen molar-refractivity contribution in [2.45, 2.75) is 45.1 Å². The molecule has 1 fully saturated rings. The van der Waals surface area contributed by atoms with Gasteiger partial charge in [0.05, 0.1) is 25.3 Å². The highest BCUT2D eigenvalue weighted by molar-refractivity contribution is 5.50. The van der Waals surface area contributed by atoms with E-state index >= 15 is 0 Å². The summed E-state index contributed by atoms with van der Waals surface area (Å²) in [7, 11) is 3.38. The summed E-state index contributed by atoms with van der Waals surface area (Å²) in [6, 6.07) is 5.88. The maximum atomic E-state index is 6.85. The fourth-order valence-electron chi connectivity index (χ4n) is 3.29. The van der Waals surface area contributed by atoms with Crippen LogP contribution in [0.25, 0.3) is 0 Å². The molecule has 1 aliphatic rings. The smallest absolute Gasteiger partial charge is 0.127 e. The first-order chi connectivity index (χ1) is 8.96. The van der Waals surface area contributed by atoms with Crippen LogP contribution in [-0.4, -0.2) is 14.2 Å². The molecular formula is C16H25NO2. The van der Waals surface area contributed by atoms with Gasteiger partial charge in [0.25, 0.3) is 0 Å². The van der Waals surface area contributed by atoms with Crippen LogP contribution in [0.2, 0.25) is 0 Å². The third kappa shape index (κ3) is 2.20. The Hall–Kier alpha value is -1.22. The van der Waals surface area contributed by atoms with E-state index in [-0.39, 0.29) is 5.41 Å². The number of rotatable bonds is 3. The predicted octanol–water partition coefficient (Wildman–Crippen LogP) is 3.46. The SMILES string of the molecule is COc1cccc(OC)c1C1(N)CCCCC1(C)C. The van der Waals surface area contributed by atoms with Crippen LogP contribution < -0.4 is 15.2 Å². The molecule has 1 unspecified atom stereocenters. The predicted molar refractivity (Wildman–Crippen MR) is 77.7 cm³/mol. The van der Waals surface area contributed by atoms with E-state index in [1.807, 2.05) is 18.2 Å². The van der Waals surface area contributed by atoms with Crippen molar-refractivity contribution in [3.63, 3.8) is 0 Å². The molecule has 0 aliphatic heterocycles. The number of hydrogen-bond acceptors (Lipinski definition) is 3. The van der Waals surface area contributed by atoms with E-state index in [1.165, 1.54) is 6.42 Å². The lowest BCUT2D eigenvalue weighted by Crippen LogP contribution is -2.52. The topological polar surface area (TPSA) is 44.5 Å². The molecule has 0 heterocycles. The summed E-state index contributed by atoms with van der Waals surface area (Å²) in [5.41, 5.74) is 7.50. The van der Waals surface area contributed by atoms with Gasteiger partial charge in [-0.2, -0.15) is 0 Å². The molecule has 0 radical (unpaired) electrons. The van der Waals surface area contributed by atoms with Gasteiger partial charge >= 0.3 is 0 Å². The summed E-state index contributed by atoms with van der Waals surface area (Å²) in [6.07, 6.45) is 4.49. The first-order valence-corrected chi connectivity index (χ1v) is 6.96. The van der Waals surface area contributed by atoms with Gasteiger partial charge in [-0.1, -0.05) is 32.8 Å². The molecule has 1 aliphatic carbocycles. The Labute approximate surface area is 116 Å². The molecule has 2 N–H and O–H groups in total. The van der Waals surface area contributed by atoms with E-state index in [9.17, 15) is 0 Å². The van der Waals surface area contributed by atoms with Crippen LogP contribution in [0.15, 0.2) is 18.2 Å². The van der Waals surface area contributed by atoms with Crippen molar-refractivity contribution in [1.29, 1.82) is 0 Å². The molecule has 1 saturated carbocycles. The minimum absolute atomic E-state index is 0.0349. The lowest BCUT2D eigenvalue weighted by Gasteiger charge is -2.48. The molecule has 0 bridgehead atoms. The van der Waals surface area contributed by atoms with E-state index in [0.29, 0.717) is 0 Å². The maximum absolute atomic E-state index is 6.85. The van der Waals surface area contributed by atoms with E-state index in [2.05, 4.69) is 13.8 Å². The quantitative estimate of drug-likeness (QED) is 0.908. The van der Waals surface area contributed by atoms with Crippen LogP contribution in [0.1, 0.15) is 45.1 Å². The summed E-state index contributed by atoms with van der Waals surface area (Å²) >= 11 is 0. The summed E-state index contributed by atoms with van der Waals surface area (Å²) < 4.78 is 11.1. The molecule has 3 heteroatoms. The zero-order chi connectivity index (χ0) is 14.1. The number of nitrogens with two attached hydrogens (primary N) is 1. The lowest BCUT2D eigenvalue weighted by atomic mass is 9.60. The molecule has 19 heavy (non-hydrogen) atoms. The molecule has 1 aromatic carbocycles. The summed E-state index contributed by atoms with van der Waals surface area (Å²) in [6.45, 7) is 4.50. The van der Waals surface area contributed by atoms with Crippen molar-refractivity contribution in [3.8, 4) is 11.5 Å². The maximum Gasteiger partial charge on any atom is 0.127 e. The normalized spacial score (nSPS) is 25.9. The molecule has 1 aromatic rings. The molecule has 1 atom stereocenters. The molecule has 0 spiro atoms. The molecule has 2 rings (SSSR count). The highest BCUT2D eigenvalue weighted by Crippen LogP contribution is 2.53. The standard InChI is InChI=1S/C16H25NO2/c1-15(2)10-5-6-11-16(15,17)14-12(18-3)8-7-9-13(14)19-4/h7-9H,5-6,10-11,17H2,1-4H3. The Morgan fingerprint density at radius 2 is 1.53 bits per heavy atom. The lowest BCUT2D eigenvalue weighted by molar-refractivity contribution is 0.0923. The van der Waals surface area contributed by atoms with Gasteiger partial charge in [-0.05, 0) is 30.4 Å². The average Bonchev–Trinajstić information content (AvgIpc) is 2.41. The van der Waals surface area contributed by atoms with Gasteiger partial charge in [0.2, 0.25) is 0 Å². The fourth-order valence-corrected chi connectivity index (χ4v) is 3.29. The number of methoxy groups -OCH3 is 2. The number of benzene rings is 1. The van der Waals surface area contributed by atoms with Crippen LogP contribution in [0.4, 0.5) is 0 Å². The van der Waals surface area contributed by atoms with E-state index in [4.69, 9.17) is 15.2 Å². The minimum Gasteiger partial charge on any atom is -0.496 e. The molecule has 106 valence electrons. The number of hydrogen-bond donors (Lipinski definition) is 1. The van der Waals surface area contributed by atoms with Gasteiger partial charge in [-0.3, -0.25) is 0 Å². The number of ether oxygens (including phenoxy) is 2. The van der Waals surface area contributed by atoms with Gasteiger partial charge in [0, 0.05) is 0 Å². The van der Waals surface area contributed by atoms with Crippen molar-refractivity contribution in [2.75, 3.05) is 14.2 Å². The Balaban J connectivity index is 2.61. The molecular weight excluding hydrogens is 238 g/mol. The molecule has 0 amide bonds. The monoisotopic (exact) mass is 263 g/mol. The minimum atomic E-state index is -0.400. The second kappa shape index (κ2) is 5.04. The van der Waals surface area contributed by atoms with E-state index in [0.717, 1.165) is 36.3 Å². The summed E-state index contributed by atoms with van der Waals surface area (Å²) in [5.74, 6) is 1.66. The van der Waals surface area contributed by atoms with Crippen LogP contribution >= 0.6 is 0 Å². The van der Waals surface area contributed by atoms with E-state index < -0.39 is 5.54 Å². The van der Waals surface area contributed by atoms with Crippen molar-refractivity contribution in [1.82, 2.24) is 0 Å². The third-order valence-corrected chi connectivity index (χ3v) is 4.70. The van der Waals surface area contributed by atoms with E-state index in [1.54, 1.807) is 14.2 Å². The van der Waals surface area contributed by atoms with Crippen molar-refractivity contribution in [3.05, 3.63) is 23.8 Å². The molecule has 0 saturated heterocycles. The Morgan fingerprint density at radius 1 is 1.00 bits per heavy atom. The van der Waals surface area contributed by atoms with Gasteiger partial charge in [-0.15, -0.1) is 0 Å². The third-order valence-electron chi connectivity index (χ3n) is 4.70. The molecule has 3 nitrogen and oxygen atoms in total. The first kappa shape index (κ1) is 14.2. The second-order valence-corrected chi connectivity index (χ2v) is 6.10. The average molecular weight is 263 g/mol. The highest BCUT2D eigenvalue weighted by Gasteiger charge is 2.47. The Bertz CT molecular complexity index is 434. The zero-order valence-electron chi connectivity index (χ0n) is 12.5. The van der Waals surface area contributed by atoms with Gasteiger partial charge in [0.15, 0.2) is 0 Å². The van der Waals surface area contributed by atoms with Crippen LogP contribution in [0.3, 0.4) is 0 Å². The van der Waals surface area contributed by atoms with Crippen LogP contribution in [-0.2, 0) is 5.54 Å². The summed E-state index contributed by atoms with van der Waals surface area (Å²) in [5, 5.41) is 0. The summed E-state index contributed by atoms with van der Waals surface area (Å²) in [4.78, 5) is 0. The van der Waals surface area contributed by atoms with Gasteiger partial charge < -0.3 is 15.2 Å². The fraction of sp³-hybridized carbons (Fsp3) is 0.625. The highest BCUT2D eigenvalue weighted by atomic mass is 16.5. The first-order valence-electron chi connectivity index (χ1n) is 6.96. The van der Waals surface area contributed by atoms with Crippen molar-refractivity contribution >= 4 is 0 Å². The van der Waals surface area contributed by atoms with Crippen LogP contribution in [0.5, 0.6) is 11.5 Å². The second-order valence-electron chi connectivity index (χ2n) is 6.10. The van der Waals surface area contributed by atoms with Crippen molar-refractivity contribution < 1.29 is 9.47 Å². The largest absolute Gasteiger partial charge is 0.496 e. The van der Waals surface area contributed by atoms with Gasteiger partial charge in [-0.25, -0.2) is 0 Å². The molecule has 0 aromatic heterocycles. The zero-order valence-corrected chi connectivity index (χ0v) is 12.5. The van der Waals surface area contributed by atoms with Gasteiger partial charge in [0.1, 0.15) is 11.5 Å². The Morgan fingerprint density at radius 3 is 2.00 bits per heavy atom.